The fourth-order valence-corrected chi connectivity index (χ4v) is 3.85. The Kier molecular flexibility index (Phi) is 3.69. The fourth-order valence-electron chi connectivity index (χ4n) is 2.92. The summed E-state index contributed by atoms with van der Waals surface area (Å²) in [6, 6.07) is 11.4. The van der Waals surface area contributed by atoms with Crippen LogP contribution < -0.4 is 11.1 Å². The zero-order chi connectivity index (χ0) is 13.2. The second kappa shape index (κ2) is 5.45. The van der Waals surface area contributed by atoms with Crippen LogP contribution in [0.1, 0.15) is 47.0 Å². The van der Waals surface area contributed by atoms with Crippen molar-refractivity contribution in [1.82, 2.24) is 5.32 Å². The molecule has 0 radical (unpaired) electrons. The van der Waals surface area contributed by atoms with Gasteiger partial charge in [0, 0.05) is 23.5 Å². The van der Waals surface area contributed by atoms with Crippen LogP contribution in [0.25, 0.3) is 0 Å². The molecular weight excluding hydrogens is 252 g/mol. The Bertz CT molecular complexity index is 561. The Hall–Kier alpha value is -1.16. The molecule has 1 aliphatic carbocycles. The van der Waals surface area contributed by atoms with E-state index >= 15 is 0 Å². The van der Waals surface area contributed by atoms with Gasteiger partial charge >= 0.3 is 0 Å². The number of hydrogen-bond acceptors (Lipinski definition) is 3. The number of hydrogen-bond donors (Lipinski definition) is 2. The van der Waals surface area contributed by atoms with Crippen LogP contribution in [0.3, 0.4) is 0 Å². The van der Waals surface area contributed by atoms with Crippen molar-refractivity contribution >= 4 is 11.3 Å². The molecule has 1 aliphatic rings. The normalized spacial score (nSPS) is 21.6. The third-order valence-corrected chi connectivity index (χ3v) is 4.95. The highest BCUT2D eigenvalue weighted by Crippen LogP contribution is 2.37. The van der Waals surface area contributed by atoms with E-state index in [0.717, 1.165) is 19.4 Å². The third kappa shape index (κ3) is 2.46. The molecular formula is C16H20N2S. The maximum absolute atomic E-state index is 6.20. The van der Waals surface area contributed by atoms with E-state index in [1.807, 2.05) is 11.3 Å². The van der Waals surface area contributed by atoms with Crippen molar-refractivity contribution in [3.8, 4) is 0 Å². The van der Waals surface area contributed by atoms with Crippen LogP contribution >= 0.6 is 11.3 Å². The zero-order valence-corrected chi connectivity index (χ0v) is 12.0. The minimum absolute atomic E-state index is 0.183. The molecule has 0 fully saturated rings. The van der Waals surface area contributed by atoms with Crippen molar-refractivity contribution in [1.29, 1.82) is 0 Å². The Morgan fingerprint density at radius 2 is 2.05 bits per heavy atom. The molecule has 2 atom stereocenters. The van der Waals surface area contributed by atoms with Crippen molar-refractivity contribution in [2.75, 3.05) is 0 Å². The Balaban J connectivity index is 1.72. The smallest absolute Gasteiger partial charge is 0.0344 e. The first-order chi connectivity index (χ1) is 9.29. The topological polar surface area (TPSA) is 38.0 Å². The number of benzene rings is 1. The molecule has 0 saturated heterocycles. The van der Waals surface area contributed by atoms with E-state index in [2.05, 4.69) is 48.0 Å². The SMILES string of the molecule is CCc1ccsc1CNC1CC(N)c2ccccc21. The highest BCUT2D eigenvalue weighted by atomic mass is 32.1. The molecule has 3 N–H and O–H groups in total. The number of nitrogens with one attached hydrogen (secondary N) is 1. The number of nitrogens with two attached hydrogens (primary N) is 1. The van der Waals surface area contributed by atoms with Crippen LogP contribution in [0.4, 0.5) is 0 Å². The highest BCUT2D eigenvalue weighted by Gasteiger charge is 2.27. The van der Waals surface area contributed by atoms with Gasteiger partial charge in [0.15, 0.2) is 0 Å². The summed E-state index contributed by atoms with van der Waals surface area (Å²) in [6.07, 6.45) is 2.12. The highest BCUT2D eigenvalue weighted by molar-refractivity contribution is 7.10. The van der Waals surface area contributed by atoms with Gasteiger partial charge in [-0.25, -0.2) is 0 Å². The molecule has 3 heteroatoms. The second-order valence-electron chi connectivity index (χ2n) is 5.13. The van der Waals surface area contributed by atoms with E-state index in [0.29, 0.717) is 6.04 Å². The van der Waals surface area contributed by atoms with E-state index in [4.69, 9.17) is 5.73 Å². The van der Waals surface area contributed by atoms with Crippen LogP contribution in [-0.4, -0.2) is 0 Å². The first kappa shape index (κ1) is 12.9. The number of thiophene rings is 1. The van der Waals surface area contributed by atoms with E-state index in [1.54, 1.807) is 0 Å². The Morgan fingerprint density at radius 3 is 2.84 bits per heavy atom. The summed E-state index contributed by atoms with van der Waals surface area (Å²) in [5, 5.41) is 5.86. The molecule has 0 spiro atoms. The van der Waals surface area contributed by atoms with Gasteiger partial charge in [-0.1, -0.05) is 31.2 Å². The van der Waals surface area contributed by atoms with Gasteiger partial charge in [-0.3, -0.25) is 0 Å². The molecule has 2 unspecified atom stereocenters. The second-order valence-corrected chi connectivity index (χ2v) is 6.13. The lowest BCUT2D eigenvalue weighted by molar-refractivity contribution is 0.500. The van der Waals surface area contributed by atoms with E-state index in [9.17, 15) is 0 Å². The average molecular weight is 272 g/mol. The maximum Gasteiger partial charge on any atom is 0.0344 e. The fraction of sp³-hybridized carbons (Fsp3) is 0.375. The largest absolute Gasteiger partial charge is 0.324 e. The maximum atomic E-state index is 6.20. The molecule has 0 bridgehead atoms. The van der Waals surface area contributed by atoms with Gasteiger partial charge in [0.05, 0.1) is 0 Å². The summed E-state index contributed by atoms with van der Waals surface area (Å²) in [5.41, 5.74) is 10.4. The molecule has 100 valence electrons. The van der Waals surface area contributed by atoms with Gasteiger partial charge in [-0.2, -0.15) is 0 Å². The van der Waals surface area contributed by atoms with Crippen LogP contribution in [-0.2, 0) is 13.0 Å². The van der Waals surface area contributed by atoms with Crippen molar-refractivity contribution < 1.29 is 0 Å². The van der Waals surface area contributed by atoms with Crippen LogP contribution in [0.2, 0.25) is 0 Å². The summed E-state index contributed by atoms with van der Waals surface area (Å²) >= 11 is 1.85. The minimum Gasteiger partial charge on any atom is -0.324 e. The van der Waals surface area contributed by atoms with E-state index < -0.39 is 0 Å². The van der Waals surface area contributed by atoms with Crippen molar-refractivity contribution in [3.63, 3.8) is 0 Å². The van der Waals surface area contributed by atoms with Gasteiger partial charge < -0.3 is 11.1 Å². The average Bonchev–Trinajstić information content (AvgIpc) is 3.02. The van der Waals surface area contributed by atoms with Gasteiger partial charge in [-0.15, -0.1) is 11.3 Å². The molecule has 1 heterocycles. The monoisotopic (exact) mass is 272 g/mol. The molecule has 3 rings (SSSR count). The summed E-state index contributed by atoms with van der Waals surface area (Å²) < 4.78 is 0. The lowest BCUT2D eigenvalue weighted by atomic mass is 10.1. The molecule has 2 nitrogen and oxygen atoms in total. The van der Waals surface area contributed by atoms with E-state index in [-0.39, 0.29) is 6.04 Å². The quantitative estimate of drug-likeness (QED) is 0.893. The first-order valence-electron chi connectivity index (χ1n) is 6.92. The number of aryl methyl sites for hydroxylation is 1. The molecule has 0 amide bonds. The lowest BCUT2D eigenvalue weighted by Gasteiger charge is -2.14. The summed E-state index contributed by atoms with van der Waals surface area (Å²) in [6.45, 7) is 3.17. The molecule has 19 heavy (non-hydrogen) atoms. The van der Waals surface area contributed by atoms with Crippen molar-refractivity contribution in [2.45, 2.75) is 38.4 Å². The van der Waals surface area contributed by atoms with Crippen LogP contribution in [0.15, 0.2) is 35.7 Å². The third-order valence-electron chi connectivity index (χ3n) is 3.99. The van der Waals surface area contributed by atoms with Crippen molar-refractivity contribution in [2.24, 2.45) is 5.73 Å². The van der Waals surface area contributed by atoms with Crippen molar-refractivity contribution in [3.05, 3.63) is 57.3 Å². The standard InChI is InChI=1S/C16H20N2S/c1-2-11-7-8-19-16(11)10-18-15-9-14(17)12-5-3-4-6-13(12)15/h3-8,14-15,18H,2,9-10,17H2,1H3. The van der Waals surface area contributed by atoms with Gasteiger partial charge in [-0.05, 0) is 41.0 Å². The van der Waals surface area contributed by atoms with Crippen LogP contribution in [0.5, 0.6) is 0 Å². The van der Waals surface area contributed by atoms with Crippen LogP contribution in [0, 0.1) is 0 Å². The van der Waals surface area contributed by atoms with Gasteiger partial charge in [0.2, 0.25) is 0 Å². The Morgan fingerprint density at radius 1 is 1.26 bits per heavy atom. The predicted molar refractivity (Wildman–Crippen MR) is 81.3 cm³/mol. The van der Waals surface area contributed by atoms with Gasteiger partial charge in [0.1, 0.15) is 0 Å². The number of fused-ring (bicyclic) bond motifs is 1. The first-order valence-corrected chi connectivity index (χ1v) is 7.80. The Labute approximate surface area is 118 Å². The number of rotatable bonds is 4. The predicted octanol–water partition coefficient (Wildman–Crippen LogP) is 3.54. The summed E-state index contributed by atoms with van der Waals surface area (Å²) in [5.74, 6) is 0. The molecule has 0 saturated carbocycles. The van der Waals surface area contributed by atoms with E-state index in [1.165, 1.54) is 21.6 Å². The minimum atomic E-state index is 0.183. The molecule has 1 aromatic heterocycles. The van der Waals surface area contributed by atoms with Gasteiger partial charge in [0.25, 0.3) is 0 Å². The molecule has 0 aliphatic heterocycles. The zero-order valence-electron chi connectivity index (χ0n) is 11.2. The summed E-state index contributed by atoms with van der Waals surface area (Å²) in [7, 11) is 0. The molecule has 1 aromatic carbocycles. The molecule has 2 aromatic rings. The lowest BCUT2D eigenvalue weighted by Crippen LogP contribution is -2.19. The summed E-state index contributed by atoms with van der Waals surface area (Å²) in [4.78, 5) is 1.46.